The van der Waals surface area contributed by atoms with E-state index in [4.69, 9.17) is 0 Å². The minimum absolute atomic E-state index is 0.114. The molecule has 11 rings (SSSR count). The Morgan fingerprint density at radius 3 is 2.09 bits per heavy atom. The summed E-state index contributed by atoms with van der Waals surface area (Å²) < 4.78 is 2.89. The van der Waals surface area contributed by atoms with Crippen LogP contribution in [-0.4, -0.2) is 6.71 Å². The maximum atomic E-state index is 2.68. The molecule has 2 fully saturated rings. The van der Waals surface area contributed by atoms with Gasteiger partial charge in [-0.15, -0.1) is 11.3 Å². The average Bonchev–Trinajstić information content (AvgIpc) is 3.89. The second-order valence-electron chi connectivity index (χ2n) is 18.9. The van der Waals surface area contributed by atoms with E-state index >= 15 is 0 Å². The number of fused-ring (bicyclic) bond motifs is 9. The van der Waals surface area contributed by atoms with Crippen LogP contribution in [0, 0.1) is 31.6 Å². The van der Waals surface area contributed by atoms with Gasteiger partial charge in [0.15, 0.2) is 0 Å². The van der Waals surface area contributed by atoms with Gasteiger partial charge in [-0.1, -0.05) is 88.7 Å². The number of aryl methyl sites for hydroxylation is 2. The predicted octanol–water partition coefficient (Wildman–Crippen LogP) is 11.9. The van der Waals surface area contributed by atoms with E-state index in [1.807, 2.05) is 11.3 Å². The summed E-state index contributed by atoms with van der Waals surface area (Å²) >= 11 is 2.04. The molecule has 5 aliphatic rings. The SMILES string of the molecule is Cc1cccc(C)c1N1c2cc3c(cc2B2c4sc5ccc(CC6CC7CCC6C7)cc5c4N(c4ccccc4)c4cccc1c42)C(C)(C)CCC3(C)C. The van der Waals surface area contributed by atoms with Gasteiger partial charge in [-0.25, -0.2) is 0 Å². The van der Waals surface area contributed by atoms with Crippen molar-refractivity contribution >= 4 is 78.0 Å². The Bertz CT molecular complexity index is 2490. The number of nitrogens with zero attached hydrogens (tertiary/aromatic N) is 2. The largest absolute Gasteiger partial charge is 0.311 e. The molecule has 4 heteroatoms. The lowest BCUT2D eigenvalue weighted by Crippen LogP contribution is -2.61. The third-order valence-corrected chi connectivity index (χ3v) is 15.9. The maximum Gasteiger partial charge on any atom is 0.264 e. The molecule has 54 heavy (non-hydrogen) atoms. The minimum Gasteiger partial charge on any atom is -0.311 e. The number of rotatable bonds is 4. The van der Waals surface area contributed by atoms with Crippen molar-refractivity contribution in [2.75, 3.05) is 9.80 Å². The standard InChI is InChI=1S/C50H51BN2S/c1-30-12-10-13-31(2)46(30)53-42-17-11-16-41-45(42)51(40-28-38-39(29-43(40)53)50(5,6)23-22-49(38,3)4)48-47(52(41)36-14-8-7-9-15-36)37-27-33(19-21-44(37)54-48)26-35-25-32-18-20-34(35)24-32/h7-17,19,21,27-29,32,34-35H,18,20,22-26H2,1-6H3. The van der Waals surface area contributed by atoms with Gasteiger partial charge in [-0.2, -0.15) is 0 Å². The molecule has 3 atom stereocenters. The molecule has 0 amide bonds. The number of benzene rings is 5. The molecule has 3 aliphatic carbocycles. The second kappa shape index (κ2) is 11.6. The van der Waals surface area contributed by atoms with Crippen LogP contribution in [-0.2, 0) is 17.3 Å². The first-order valence-corrected chi connectivity index (χ1v) is 21.5. The summed E-state index contributed by atoms with van der Waals surface area (Å²) in [5.74, 6) is 2.77. The number of thiophene rings is 1. The van der Waals surface area contributed by atoms with Gasteiger partial charge in [-0.3, -0.25) is 0 Å². The van der Waals surface area contributed by atoms with E-state index in [1.165, 1.54) is 127 Å². The zero-order valence-electron chi connectivity index (χ0n) is 32.8. The monoisotopic (exact) mass is 722 g/mol. The Morgan fingerprint density at radius 2 is 1.39 bits per heavy atom. The van der Waals surface area contributed by atoms with Crippen LogP contribution in [0.5, 0.6) is 0 Å². The van der Waals surface area contributed by atoms with E-state index < -0.39 is 0 Å². The fourth-order valence-electron chi connectivity index (χ4n) is 11.8. The fraction of sp³-hybridized carbons (Fsp3) is 0.360. The van der Waals surface area contributed by atoms with Crippen molar-refractivity contribution < 1.29 is 0 Å². The fourth-order valence-corrected chi connectivity index (χ4v) is 13.1. The Labute approximate surface area is 326 Å². The number of hydrogen-bond acceptors (Lipinski definition) is 3. The Balaban J connectivity index is 1.21. The highest BCUT2D eigenvalue weighted by Gasteiger charge is 2.48. The van der Waals surface area contributed by atoms with Gasteiger partial charge >= 0.3 is 0 Å². The first kappa shape index (κ1) is 33.1. The van der Waals surface area contributed by atoms with E-state index in [9.17, 15) is 0 Å². The summed E-state index contributed by atoms with van der Waals surface area (Å²) in [6, 6.07) is 38.0. The second-order valence-corrected chi connectivity index (χ2v) is 20.0. The number of hydrogen-bond donors (Lipinski definition) is 0. The summed E-state index contributed by atoms with van der Waals surface area (Å²) in [6.45, 7) is 14.7. The van der Waals surface area contributed by atoms with E-state index in [0.717, 1.165) is 17.8 Å². The van der Waals surface area contributed by atoms with Gasteiger partial charge < -0.3 is 9.80 Å². The van der Waals surface area contributed by atoms with Gasteiger partial charge in [0.1, 0.15) is 0 Å². The first-order chi connectivity index (χ1) is 26.1. The van der Waals surface area contributed by atoms with Gasteiger partial charge in [0.2, 0.25) is 0 Å². The maximum absolute atomic E-state index is 2.68. The van der Waals surface area contributed by atoms with Crippen LogP contribution in [0.4, 0.5) is 34.1 Å². The van der Waals surface area contributed by atoms with Crippen molar-refractivity contribution in [1.29, 1.82) is 0 Å². The molecule has 0 saturated heterocycles. The Morgan fingerprint density at radius 1 is 0.685 bits per heavy atom. The lowest BCUT2D eigenvalue weighted by Gasteiger charge is -2.47. The molecule has 2 saturated carbocycles. The van der Waals surface area contributed by atoms with E-state index in [2.05, 4.69) is 148 Å². The number of anilines is 6. The Hall–Kier alpha value is -4.28. The molecule has 3 heterocycles. The topological polar surface area (TPSA) is 6.48 Å². The summed E-state index contributed by atoms with van der Waals surface area (Å²) in [4.78, 5) is 5.28. The molecule has 3 unspecified atom stereocenters. The average molecular weight is 723 g/mol. The predicted molar refractivity (Wildman–Crippen MR) is 233 cm³/mol. The van der Waals surface area contributed by atoms with Crippen LogP contribution >= 0.6 is 11.3 Å². The molecule has 6 aromatic rings. The quantitative estimate of drug-likeness (QED) is 0.167. The third kappa shape index (κ3) is 4.71. The molecule has 2 aliphatic heterocycles. The molecule has 270 valence electrons. The smallest absolute Gasteiger partial charge is 0.264 e. The molecule has 5 aromatic carbocycles. The van der Waals surface area contributed by atoms with Crippen molar-refractivity contribution in [3.8, 4) is 0 Å². The summed E-state index contributed by atoms with van der Waals surface area (Å²) in [5.41, 5.74) is 18.3. The van der Waals surface area contributed by atoms with Crippen LogP contribution in [0.2, 0.25) is 0 Å². The van der Waals surface area contributed by atoms with Gasteiger partial charge in [0, 0.05) is 37.6 Å². The van der Waals surface area contributed by atoms with Crippen LogP contribution in [0.25, 0.3) is 10.1 Å². The molecule has 0 radical (unpaired) electrons. The highest BCUT2D eigenvalue weighted by atomic mass is 32.1. The third-order valence-electron chi connectivity index (χ3n) is 14.7. The summed E-state index contributed by atoms with van der Waals surface area (Å²) in [6.07, 6.45) is 9.46. The van der Waals surface area contributed by atoms with Crippen molar-refractivity contribution in [3.05, 3.63) is 125 Å². The molecular formula is C50H51BN2S. The zero-order valence-corrected chi connectivity index (χ0v) is 33.6. The van der Waals surface area contributed by atoms with Crippen LogP contribution in [0.15, 0.2) is 97.1 Å². The minimum atomic E-state index is 0.114. The summed E-state index contributed by atoms with van der Waals surface area (Å²) in [7, 11) is 0. The molecule has 2 nitrogen and oxygen atoms in total. The van der Waals surface area contributed by atoms with Gasteiger partial charge in [0.25, 0.3) is 6.71 Å². The summed E-state index contributed by atoms with van der Waals surface area (Å²) in [5, 5.41) is 1.42. The molecular weight excluding hydrogens is 671 g/mol. The molecule has 1 aromatic heterocycles. The molecule has 0 N–H and O–H groups in total. The lowest BCUT2D eigenvalue weighted by molar-refractivity contribution is 0.331. The van der Waals surface area contributed by atoms with Crippen molar-refractivity contribution in [3.63, 3.8) is 0 Å². The van der Waals surface area contributed by atoms with Crippen LogP contribution < -0.4 is 25.5 Å². The van der Waals surface area contributed by atoms with Crippen LogP contribution in [0.1, 0.15) is 94.0 Å². The van der Waals surface area contributed by atoms with Gasteiger partial charge in [-0.05, 0) is 162 Å². The van der Waals surface area contributed by atoms with Crippen molar-refractivity contribution in [2.45, 2.75) is 97.3 Å². The van der Waals surface area contributed by atoms with E-state index in [0.29, 0.717) is 0 Å². The van der Waals surface area contributed by atoms with Crippen molar-refractivity contribution in [2.24, 2.45) is 17.8 Å². The Kier molecular flexibility index (Phi) is 7.12. The number of para-hydroxylation sites is 2. The zero-order chi connectivity index (χ0) is 36.7. The van der Waals surface area contributed by atoms with Crippen molar-refractivity contribution in [1.82, 2.24) is 0 Å². The van der Waals surface area contributed by atoms with E-state index in [-0.39, 0.29) is 17.5 Å². The normalized spacial score (nSPS) is 22.6. The lowest BCUT2D eigenvalue weighted by atomic mass is 9.35. The molecule has 0 spiro atoms. The first-order valence-electron chi connectivity index (χ1n) is 20.7. The molecule has 2 bridgehead atoms. The highest BCUT2D eigenvalue weighted by Crippen LogP contribution is 2.53. The van der Waals surface area contributed by atoms with Gasteiger partial charge in [0.05, 0.1) is 11.4 Å². The van der Waals surface area contributed by atoms with E-state index in [1.54, 1.807) is 5.56 Å². The highest BCUT2D eigenvalue weighted by molar-refractivity contribution is 7.33. The van der Waals surface area contributed by atoms with Crippen LogP contribution in [0.3, 0.4) is 0 Å².